The summed E-state index contributed by atoms with van der Waals surface area (Å²) in [4.78, 5) is 33.4. The van der Waals surface area contributed by atoms with Crippen LogP contribution in [-0.4, -0.2) is 36.7 Å². The summed E-state index contributed by atoms with van der Waals surface area (Å²) >= 11 is 0. The van der Waals surface area contributed by atoms with Gasteiger partial charge in [0.15, 0.2) is 11.5 Å². The van der Waals surface area contributed by atoms with Gasteiger partial charge in [-0.05, 0) is 66.2 Å². The number of anilines is 2. The Morgan fingerprint density at radius 1 is 0.894 bits per heavy atom. The van der Waals surface area contributed by atoms with E-state index in [2.05, 4.69) is 30.9 Å². The zero-order valence-corrected chi connectivity index (χ0v) is 24.9. The van der Waals surface area contributed by atoms with Crippen LogP contribution in [0.3, 0.4) is 0 Å². The first kappa shape index (κ1) is 29.1. The molecule has 2 amide bonds. The molecule has 0 aliphatic rings. The van der Waals surface area contributed by atoms with Gasteiger partial charge in [-0.25, -0.2) is 14.4 Å². The molecule has 12 nitrogen and oxygen atoms in total. The monoisotopic (exact) mass is 629 g/mol. The van der Waals surface area contributed by atoms with Gasteiger partial charge >= 0.3 is 0 Å². The molecule has 0 radical (unpaired) electrons. The number of nitrogens with zero attached hydrogens (tertiary/aromatic N) is 5. The van der Waals surface area contributed by atoms with E-state index in [4.69, 9.17) is 13.7 Å². The Bertz CT molecular complexity index is 2260. The number of fused-ring (bicyclic) bond motifs is 1. The molecule has 0 bridgehead atoms. The minimum Gasteiger partial charge on any atom is -0.438 e. The Hall–Kier alpha value is -6.63. The van der Waals surface area contributed by atoms with Crippen molar-refractivity contribution in [2.24, 2.45) is 7.05 Å². The molecule has 0 spiro atoms. The van der Waals surface area contributed by atoms with Gasteiger partial charge in [-0.2, -0.15) is 5.10 Å². The lowest BCUT2D eigenvalue weighted by molar-refractivity contribution is -0.114. The van der Waals surface area contributed by atoms with Gasteiger partial charge < -0.3 is 24.3 Å². The van der Waals surface area contributed by atoms with Crippen LogP contribution in [0.2, 0.25) is 0 Å². The second kappa shape index (κ2) is 12.0. The minimum absolute atomic E-state index is 0.0625. The van der Waals surface area contributed by atoms with Gasteiger partial charge in [0.05, 0.1) is 11.8 Å². The molecule has 3 aromatic carbocycles. The predicted molar refractivity (Wildman–Crippen MR) is 170 cm³/mol. The van der Waals surface area contributed by atoms with Crippen molar-refractivity contribution in [1.29, 1.82) is 0 Å². The van der Waals surface area contributed by atoms with E-state index in [-0.39, 0.29) is 23.3 Å². The number of hydrogen-bond acceptors (Lipinski definition) is 9. The molecule has 47 heavy (non-hydrogen) atoms. The van der Waals surface area contributed by atoms with Crippen LogP contribution in [0, 0.1) is 5.82 Å². The first-order valence-corrected chi connectivity index (χ1v) is 14.3. The fourth-order valence-electron chi connectivity index (χ4n) is 5.00. The lowest BCUT2D eigenvalue weighted by atomic mass is 10.0. The lowest BCUT2D eigenvalue weighted by Crippen LogP contribution is -2.11. The van der Waals surface area contributed by atoms with Gasteiger partial charge in [0.1, 0.15) is 29.0 Å². The first-order chi connectivity index (χ1) is 22.8. The Morgan fingerprint density at radius 2 is 1.70 bits per heavy atom. The second-order valence-electron chi connectivity index (χ2n) is 10.5. The third-order valence-electron chi connectivity index (χ3n) is 7.09. The number of halogens is 1. The number of carbonyl (C=O) groups excluding carboxylic acids is 2. The van der Waals surface area contributed by atoms with Crippen LogP contribution in [0.25, 0.3) is 44.9 Å². The predicted octanol–water partition coefficient (Wildman–Crippen LogP) is 7.09. The molecule has 0 saturated heterocycles. The van der Waals surface area contributed by atoms with Crippen LogP contribution < -0.4 is 15.4 Å². The van der Waals surface area contributed by atoms with E-state index in [1.165, 1.54) is 43.6 Å². The molecule has 4 heterocycles. The number of carbonyl (C=O) groups is 2. The molecular weight excluding hydrogens is 605 g/mol. The third-order valence-corrected chi connectivity index (χ3v) is 7.09. The van der Waals surface area contributed by atoms with Crippen LogP contribution >= 0.6 is 0 Å². The number of aryl methyl sites for hydroxylation is 1. The molecule has 7 aromatic rings. The molecule has 0 aliphatic heterocycles. The smallest absolute Gasteiger partial charge is 0.277 e. The highest BCUT2D eigenvalue weighted by Gasteiger charge is 2.24. The van der Waals surface area contributed by atoms with Gasteiger partial charge in [-0.15, -0.1) is 0 Å². The summed E-state index contributed by atoms with van der Waals surface area (Å²) < 4.78 is 32.7. The number of benzene rings is 3. The average Bonchev–Trinajstić information content (AvgIpc) is 3.81. The summed E-state index contributed by atoms with van der Waals surface area (Å²) in [7, 11) is 1.81. The molecule has 13 heteroatoms. The van der Waals surface area contributed by atoms with E-state index >= 15 is 0 Å². The second-order valence-corrected chi connectivity index (χ2v) is 10.5. The van der Waals surface area contributed by atoms with Crippen LogP contribution in [0.15, 0.2) is 107 Å². The van der Waals surface area contributed by atoms with E-state index in [0.717, 1.165) is 5.56 Å². The number of furan rings is 1. The number of rotatable bonds is 8. The van der Waals surface area contributed by atoms with Crippen molar-refractivity contribution in [3.05, 3.63) is 109 Å². The maximum Gasteiger partial charge on any atom is 0.277 e. The molecule has 232 valence electrons. The zero-order chi connectivity index (χ0) is 32.5. The molecule has 7 rings (SSSR count). The normalized spacial score (nSPS) is 11.0. The number of aromatic nitrogens is 5. The summed E-state index contributed by atoms with van der Waals surface area (Å²) in [5.41, 5.74) is 4.16. The van der Waals surface area contributed by atoms with Gasteiger partial charge in [0, 0.05) is 48.7 Å². The quantitative estimate of drug-likeness (QED) is 0.180. The van der Waals surface area contributed by atoms with Gasteiger partial charge in [-0.3, -0.25) is 14.3 Å². The minimum atomic E-state index is -0.485. The topological polar surface area (TPSA) is 150 Å². The molecule has 0 unspecified atom stereocenters. The van der Waals surface area contributed by atoms with Crippen LogP contribution in [0.5, 0.6) is 11.6 Å². The summed E-state index contributed by atoms with van der Waals surface area (Å²) in [5.74, 6) is 0.451. The SMILES string of the molecule is CC(=O)Nc1cccc(-c2c(-c3cnn(C)c3)oc3ncnc(Oc4ccc(NC(=O)c5cc(-c6ccc(F)cc6)on5)cc4)c23)c1. The van der Waals surface area contributed by atoms with E-state index in [9.17, 15) is 14.0 Å². The Kier molecular flexibility index (Phi) is 7.46. The Morgan fingerprint density at radius 3 is 2.45 bits per heavy atom. The highest BCUT2D eigenvalue weighted by atomic mass is 19.1. The van der Waals surface area contributed by atoms with Gasteiger partial charge in [0.25, 0.3) is 5.91 Å². The molecule has 2 N–H and O–H groups in total. The van der Waals surface area contributed by atoms with Crippen molar-refractivity contribution in [1.82, 2.24) is 24.9 Å². The maximum atomic E-state index is 13.3. The van der Waals surface area contributed by atoms with E-state index in [1.54, 1.807) is 48.3 Å². The molecule has 0 saturated carbocycles. The summed E-state index contributed by atoms with van der Waals surface area (Å²) in [6, 6.07) is 21.2. The molecule has 0 aliphatic carbocycles. The lowest BCUT2D eigenvalue weighted by Gasteiger charge is -2.10. The first-order valence-electron chi connectivity index (χ1n) is 14.3. The molecule has 0 fully saturated rings. The maximum absolute atomic E-state index is 13.3. The van der Waals surface area contributed by atoms with Crippen molar-refractivity contribution in [2.45, 2.75) is 6.92 Å². The van der Waals surface area contributed by atoms with Crippen LogP contribution in [-0.2, 0) is 11.8 Å². The summed E-state index contributed by atoms with van der Waals surface area (Å²) in [6.07, 6.45) is 4.85. The van der Waals surface area contributed by atoms with Crippen molar-refractivity contribution in [3.8, 4) is 45.4 Å². The van der Waals surface area contributed by atoms with E-state index in [1.807, 2.05) is 24.4 Å². The summed E-state index contributed by atoms with van der Waals surface area (Å²) in [6.45, 7) is 1.44. The van der Waals surface area contributed by atoms with Crippen molar-refractivity contribution in [2.75, 3.05) is 10.6 Å². The average molecular weight is 630 g/mol. The Labute approximate surface area is 265 Å². The Balaban J connectivity index is 1.17. The fraction of sp³-hybridized carbons (Fsp3) is 0.0588. The van der Waals surface area contributed by atoms with E-state index < -0.39 is 5.91 Å². The van der Waals surface area contributed by atoms with Crippen LogP contribution in [0.1, 0.15) is 17.4 Å². The number of nitrogens with one attached hydrogen (secondary N) is 2. The third kappa shape index (κ3) is 6.04. The van der Waals surface area contributed by atoms with Crippen LogP contribution in [0.4, 0.5) is 15.8 Å². The highest BCUT2D eigenvalue weighted by Crippen LogP contribution is 2.44. The molecule has 4 aromatic heterocycles. The van der Waals surface area contributed by atoms with Crippen molar-refractivity contribution >= 4 is 34.3 Å². The number of ether oxygens (including phenoxy) is 1. The zero-order valence-electron chi connectivity index (χ0n) is 24.9. The van der Waals surface area contributed by atoms with Gasteiger partial charge in [-0.1, -0.05) is 17.3 Å². The van der Waals surface area contributed by atoms with Gasteiger partial charge in [0.2, 0.25) is 17.5 Å². The van der Waals surface area contributed by atoms with Crippen molar-refractivity contribution < 1.29 is 27.7 Å². The van der Waals surface area contributed by atoms with Crippen molar-refractivity contribution in [3.63, 3.8) is 0 Å². The largest absolute Gasteiger partial charge is 0.438 e. The standard InChI is InChI=1S/C34H24FN7O5/c1-19(43)39-25-5-3-4-21(14-25)29-30-33(36-18-37-34(30)46-31(29)22-16-38-42(2)17-22)45-26-12-10-24(11-13-26)40-32(44)27-15-28(47-41-27)20-6-8-23(35)9-7-20/h3-18H,1-2H3,(H,39,43)(H,40,44). The fourth-order valence-corrected chi connectivity index (χ4v) is 5.00. The molecule has 0 atom stereocenters. The summed E-state index contributed by atoms with van der Waals surface area (Å²) in [5, 5.41) is 14.2. The highest BCUT2D eigenvalue weighted by molar-refractivity contribution is 6.04. The molecular formula is C34H24FN7O5. The number of hydrogen-bond donors (Lipinski definition) is 2. The number of amides is 2. The van der Waals surface area contributed by atoms with E-state index in [0.29, 0.717) is 56.4 Å².